The first-order valence-corrected chi connectivity index (χ1v) is 7.39. The summed E-state index contributed by atoms with van der Waals surface area (Å²) < 4.78 is 5.14. The predicted octanol–water partition coefficient (Wildman–Crippen LogP) is 2.73. The Morgan fingerprint density at radius 3 is 2.65 bits per heavy atom. The first-order chi connectivity index (χ1) is 11.0. The summed E-state index contributed by atoms with van der Waals surface area (Å²) in [6, 6.07) is 16.7. The molecule has 1 unspecified atom stereocenters. The van der Waals surface area contributed by atoms with E-state index in [0.29, 0.717) is 0 Å². The maximum atomic E-state index is 11.9. The molecule has 0 radical (unpaired) electrons. The van der Waals surface area contributed by atoms with Crippen molar-refractivity contribution in [1.29, 1.82) is 0 Å². The lowest BCUT2D eigenvalue weighted by molar-refractivity contribution is -0.117. The SMILES string of the molecule is COc1cccc(C=CC(=O)NCC(C)(O)c2ccccc2)c1. The van der Waals surface area contributed by atoms with E-state index in [0.717, 1.165) is 16.9 Å². The molecule has 0 saturated carbocycles. The van der Waals surface area contributed by atoms with Gasteiger partial charge in [-0.25, -0.2) is 0 Å². The maximum Gasteiger partial charge on any atom is 0.244 e. The summed E-state index contributed by atoms with van der Waals surface area (Å²) in [4.78, 5) is 11.9. The molecule has 23 heavy (non-hydrogen) atoms. The van der Waals surface area contributed by atoms with Gasteiger partial charge in [-0.2, -0.15) is 0 Å². The number of benzene rings is 2. The number of ether oxygens (including phenoxy) is 1. The normalized spacial score (nSPS) is 13.5. The standard InChI is InChI=1S/C19H21NO3/c1-19(22,16-8-4-3-5-9-16)14-20-18(21)12-11-15-7-6-10-17(13-15)23-2/h3-13,22H,14H2,1-2H3,(H,20,21). The lowest BCUT2D eigenvalue weighted by Crippen LogP contribution is -2.37. The molecule has 0 saturated heterocycles. The fraction of sp³-hybridized carbons (Fsp3) is 0.211. The third-order valence-electron chi connectivity index (χ3n) is 3.52. The van der Waals surface area contributed by atoms with Gasteiger partial charge in [0.25, 0.3) is 0 Å². The highest BCUT2D eigenvalue weighted by atomic mass is 16.5. The molecule has 0 bridgehead atoms. The predicted molar refractivity (Wildman–Crippen MR) is 91.1 cm³/mol. The van der Waals surface area contributed by atoms with E-state index in [4.69, 9.17) is 4.74 Å². The van der Waals surface area contributed by atoms with Gasteiger partial charge in [-0.05, 0) is 36.3 Å². The van der Waals surface area contributed by atoms with Crippen molar-refractivity contribution in [2.45, 2.75) is 12.5 Å². The molecule has 0 spiro atoms. The van der Waals surface area contributed by atoms with E-state index in [1.807, 2.05) is 54.6 Å². The first kappa shape index (κ1) is 16.8. The number of methoxy groups -OCH3 is 1. The van der Waals surface area contributed by atoms with Crippen LogP contribution >= 0.6 is 0 Å². The van der Waals surface area contributed by atoms with Crippen LogP contribution in [0.1, 0.15) is 18.1 Å². The fourth-order valence-electron chi connectivity index (χ4n) is 2.13. The van der Waals surface area contributed by atoms with Gasteiger partial charge in [-0.3, -0.25) is 4.79 Å². The van der Waals surface area contributed by atoms with Crippen molar-refractivity contribution in [2.24, 2.45) is 0 Å². The molecule has 2 aromatic carbocycles. The Morgan fingerprint density at radius 1 is 1.22 bits per heavy atom. The summed E-state index contributed by atoms with van der Waals surface area (Å²) in [5.41, 5.74) is 0.521. The van der Waals surface area contributed by atoms with E-state index in [1.165, 1.54) is 6.08 Å². The topological polar surface area (TPSA) is 58.6 Å². The number of aliphatic hydroxyl groups is 1. The molecule has 0 fully saturated rings. The van der Waals surface area contributed by atoms with Crippen molar-refractivity contribution in [3.8, 4) is 5.75 Å². The van der Waals surface area contributed by atoms with Crippen molar-refractivity contribution < 1.29 is 14.6 Å². The summed E-state index contributed by atoms with van der Waals surface area (Å²) in [5.74, 6) is 0.476. The molecule has 0 aliphatic rings. The summed E-state index contributed by atoms with van der Waals surface area (Å²) in [5, 5.41) is 13.1. The average Bonchev–Trinajstić information content (AvgIpc) is 2.59. The highest BCUT2D eigenvalue weighted by Gasteiger charge is 2.22. The van der Waals surface area contributed by atoms with E-state index in [1.54, 1.807) is 20.1 Å². The smallest absolute Gasteiger partial charge is 0.244 e. The van der Waals surface area contributed by atoms with E-state index >= 15 is 0 Å². The number of amides is 1. The molecular formula is C19H21NO3. The maximum absolute atomic E-state index is 11.9. The van der Waals surface area contributed by atoms with E-state index in [9.17, 15) is 9.90 Å². The molecule has 0 heterocycles. The number of rotatable bonds is 6. The highest BCUT2D eigenvalue weighted by Crippen LogP contribution is 2.19. The molecular weight excluding hydrogens is 290 g/mol. The minimum absolute atomic E-state index is 0.137. The number of nitrogens with one attached hydrogen (secondary N) is 1. The van der Waals surface area contributed by atoms with Crippen molar-refractivity contribution in [2.75, 3.05) is 13.7 Å². The van der Waals surface area contributed by atoms with Crippen LogP contribution in [0.15, 0.2) is 60.7 Å². The Kier molecular flexibility index (Phi) is 5.55. The third-order valence-corrected chi connectivity index (χ3v) is 3.52. The monoisotopic (exact) mass is 311 g/mol. The van der Waals surface area contributed by atoms with Gasteiger partial charge in [0.1, 0.15) is 11.4 Å². The second-order valence-electron chi connectivity index (χ2n) is 5.47. The van der Waals surface area contributed by atoms with Crippen LogP contribution in [0.5, 0.6) is 5.75 Å². The number of hydrogen-bond donors (Lipinski definition) is 2. The Bertz CT molecular complexity index is 678. The summed E-state index contributed by atoms with van der Waals surface area (Å²) in [6.07, 6.45) is 3.14. The van der Waals surface area contributed by atoms with Crippen LogP contribution in [0.2, 0.25) is 0 Å². The largest absolute Gasteiger partial charge is 0.497 e. The average molecular weight is 311 g/mol. The Hall–Kier alpha value is -2.59. The summed E-state index contributed by atoms with van der Waals surface area (Å²) >= 11 is 0. The van der Waals surface area contributed by atoms with Gasteiger partial charge < -0.3 is 15.2 Å². The van der Waals surface area contributed by atoms with Crippen molar-refractivity contribution >= 4 is 12.0 Å². The van der Waals surface area contributed by atoms with Crippen molar-refractivity contribution in [3.63, 3.8) is 0 Å². The van der Waals surface area contributed by atoms with Crippen molar-refractivity contribution in [3.05, 3.63) is 71.8 Å². The molecule has 120 valence electrons. The lowest BCUT2D eigenvalue weighted by Gasteiger charge is -2.23. The van der Waals surface area contributed by atoms with Gasteiger partial charge in [-0.1, -0.05) is 42.5 Å². The third kappa shape index (κ3) is 4.97. The summed E-state index contributed by atoms with van der Waals surface area (Å²) in [7, 11) is 1.60. The van der Waals surface area contributed by atoms with E-state index in [-0.39, 0.29) is 12.5 Å². The Balaban J connectivity index is 1.93. The lowest BCUT2D eigenvalue weighted by atomic mass is 9.96. The minimum atomic E-state index is -1.11. The molecule has 2 rings (SSSR count). The van der Waals surface area contributed by atoms with Gasteiger partial charge >= 0.3 is 0 Å². The first-order valence-electron chi connectivity index (χ1n) is 7.39. The quantitative estimate of drug-likeness (QED) is 0.807. The Labute approximate surface area is 136 Å². The van der Waals surface area contributed by atoms with Gasteiger partial charge in [0.05, 0.1) is 13.7 Å². The van der Waals surface area contributed by atoms with Crippen molar-refractivity contribution in [1.82, 2.24) is 5.32 Å². The molecule has 2 aromatic rings. The van der Waals surface area contributed by atoms with Crippen LogP contribution in [-0.4, -0.2) is 24.7 Å². The van der Waals surface area contributed by atoms with Crippen LogP contribution in [-0.2, 0) is 10.4 Å². The summed E-state index contributed by atoms with van der Waals surface area (Å²) in [6.45, 7) is 1.81. The molecule has 4 heteroatoms. The molecule has 4 nitrogen and oxygen atoms in total. The zero-order valence-corrected chi connectivity index (χ0v) is 13.3. The Morgan fingerprint density at radius 2 is 1.96 bits per heavy atom. The molecule has 1 amide bonds. The van der Waals surface area contributed by atoms with Crippen LogP contribution in [0, 0.1) is 0 Å². The molecule has 0 aliphatic carbocycles. The van der Waals surface area contributed by atoms with Crippen LogP contribution in [0.25, 0.3) is 6.08 Å². The van der Waals surface area contributed by atoms with Crippen LogP contribution in [0.3, 0.4) is 0 Å². The fourth-order valence-corrected chi connectivity index (χ4v) is 2.13. The van der Waals surface area contributed by atoms with E-state index in [2.05, 4.69) is 5.32 Å². The number of hydrogen-bond acceptors (Lipinski definition) is 3. The second-order valence-corrected chi connectivity index (χ2v) is 5.47. The molecule has 0 aliphatic heterocycles. The van der Waals surface area contributed by atoms with Gasteiger partial charge in [0.2, 0.25) is 5.91 Å². The zero-order valence-electron chi connectivity index (χ0n) is 13.3. The zero-order chi connectivity index (χ0) is 16.7. The second kappa shape index (κ2) is 7.61. The minimum Gasteiger partial charge on any atom is -0.497 e. The van der Waals surface area contributed by atoms with Crippen LogP contribution in [0.4, 0.5) is 0 Å². The highest BCUT2D eigenvalue weighted by molar-refractivity contribution is 5.91. The van der Waals surface area contributed by atoms with Gasteiger partial charge in [0, 0.05) is 6.08 Å². The van der Waals surface area contributed by atoms with Crippen LogP contribution < -0.4 is 10.1 Å². The molecule has 0 aromatic heterocycles. The number of carbonyl (C=O) groups excluding carboxylic acids is 1. The van der Waals surface area contributed by atoms with Gasteiger partial charge in [-0.15, -0.1) is 0 Å². The molecule has 2 N–H and O–H groups in total. The number of carbonyl (C=O) groups is 1. The molecule has 1 atom stereocenters. The van der Waals surface area contributed by atoms with E-state index < -0.39 is 5.60 Å². The van der Waals surface area contributed by atoms with Gasteiger partial charge in [0.15, 0.2) is 0 Å².